The highest BCUT2D eigenvalue weighted by atomic mass is 33.1. The van der Waals surface area contributed by atoms with Crippen LogP contribution >= 0.6 is 33.3 Å². The van der Waals surface area contributed by atoms with Gasteiger partial charge in [-0.1, -0.05) is 28.0 Å². The largest absolute Gasteiger partial charge is 0.376 e. The Bertz CT molecular complexity index is 639. The third-order valence-corrected chi connectivity index (χ3v) is 9.59. The fraction of sp³-hybridized carbons (Fsp3) is 0.864. The van der Waals surface area contributed by atoms with Crippen molar-refractivity contribution in [3.63, 3.8) is 0 Å². The van der Waals surface area contributed by atoms with Crippen molar-refractivity contribution in [2.24, 2.45) is 0 Å². The molecule has 2 heterocycles. The number of urea groups is 1. The van der Waals surface area contributed by atoms with Gasteiger partial charge in [0.2, 0.25) is 11.8 Å². The molecule has 2 fully saturated rings. The van der Waals surface area contributed by atoms with Gasteiger partial charge in [-0.25, -0.2) is 4.79 Å². The Morgan fingerprint density at radius 3 is 2.61 bits per heavy atom. The number of thioether (sulfide) groups is 1. The summed E-state index contributed by atoms with van der Waals surface area (Å²) in [6, 6.07) is 0.453. The van der Waals surface area contributed by atoms with Gasteiger partial charge in [-0.15, -0.1) is 0 Å². The summed E-state index contributed by atoms with van der Waals surface area (Å²) < 4.78 is 5.62. The number of carbonyl (C=O) groups is 3. The fourth-order valence-electron chi connectivity index (χ4n) is 3.90. The van der Waals surface area contributed by atoms with Crippen LogP contribution in [0.4, 0.5) is 4.79 Å². The van der Waals surface area contributed by atoms with Crippen molar-refractivity contribution in [1.82, 2.24) is 21.3 Å². The van der Waals surface area contributed by atoms with Crippen LogP contribution in [0.15, 0.2) is 0 Å². The second-order valence-corrected chi connectivity index (χ2v) is 12.9. The molecule has 0 radical (unpaired) electrons. The summed E-state index contributed by atoms with van der Waals surface area (Å²) in [6.07, 6.45) is 4.75. The molecule has 2 aliphatic rings. The van der Waals surface area contributed by atoms with Crippen molar-refractivity contribution in [1.29, 1.82) is 0 Å². The van der Waals surface area contributed by atoms with Crippen LogP contribution in [0.5, 0.6) is 0 Å². The Balaban J connectivity index is 1.37. The van der Waals surface area contributed by atoms with Gasteiger partial charge in [0.05, 0.1) is 17.7 Å². The smallest absolute Gasteiger partial charge is 0.315 e. The number of unbranched alkanes of at least 4 members (excludes halogenated alkanes) is 1. The topological polar surface area (TPSA) is 109 Å². The number of rotatable bonds is 17. The molecular weight excluding hydrogens is 480 g/mol. The number of carbonyl (C=O) groups excluding carboxylic acids is 3. The third kappa shape index (κ3) is 11.5. The second-order valence-electron chi connectivity index (χ2n) is 8.90. The highest BCUT2D eigenvalue weighted by molar-refractivity contribution is 8.76. The average molecular weight is 521 g/mol. The summed E-state index contributed by atoms with van der Waals surface area (Å²) in [4.78, 5) is 35.3. The molecule has 4 amide bonds. The molecule has 2 rings (SSSR count). The van der Waals surface area contributed by atoms with Crippen molar-refractivity contribution in [2.45, 2.75) is 82.2 Å². The molecule has 8 nitrogen and oxygen atoms in total. The zero-order chi connectivity index (χ0) is 24.1. The molecular formula is C22H40N4O4S3. The summed E-state index contributed by atoms with van der Waals surface area (Å²) in [5.41, 5.74) is -0.206. The number of hydrogen-bond donors (Lipinski definition) is 4. The third-order valence-electron chi connectivity index (χ3n) is 5.67. The van der Waals surface area contributed by atoms with Crippen LogP contribution in [0.3, 0.4) is 0 Å². The molecule has 0 aromatic carbocycles. The van der Waals surface area contributed by atoms with E-state index in [4.69, 9.17) is 4.74 Å². The first kappa shape index (κ1) is 28.5. The minimum absolute atomic E-state index is 0.0496. The maximum absolute atomic E-state index is 12.0. The van der Waals surface area contributed by atoms with Gasteiger partial charge < -0.3 is 26.0 Å². The first-order chi connectivity index (χ1) is 15.8. The summed E-state index contributed by atoms with van der Waals surface area (Å²) in [6.45, 7) is 8.00. The normalized spacial score (nSPS) is 21.9. The van der Waals surface area contributed by atoms with Gasteiger partial charge in [0.15, 0.2) is 0 Å². The van der Waals surface area contributed by atoms with Gasteiger partial charge in [0, 0.05) is 55.0 Å². The molecule has 0 bridgehead atoms. The molecule has 4 N–H and O–H groups in total. The molecule has 0 aromatic rings. The van der Waals surface area contributed by atoms with Crippen LogP contribution < -0.4 is 21.3 Å². The van der Waals surface area contributed by atoms with Gasteiger partial charge >= 0.3 is 6.03 Å². The molecule has 3 atom stereocenters. The molecule has 33 heavy (non-hydrogen) atoms. The predicted molar refractivity (Wildman–Crippen MR) is 140 cm³/mol. The van der Waals surface area contributed by atoms with Crippen LogP contribution in [0.2, 0.25) is 0 Å². The minimum atomic E-state index is -0.206. The van der Waals surface area contributed by atoms with E-state index >= 15 is 0 Å². The van der Waals surface area contributed by atoms with E-state index in [1.165, 1.54) is 0 Å². The SMILES string of the molecule is CCOC(C)(C)CCNC(=O)CCSSCCNC(=O)CCCC[C@@H]1SC[C@@H]2NC(=O)N[C@@H]21. The lowest BCUT2D eigenvalue weighted by Crippen LogP contribution is -2.36. The Morgan fingerprint density at radius 1 is 1.09 bits per heavy atom. The second kappa shape index (κ2) is 15.3. The highest BCUT2D eigenvalue weighted by Gasteiger charge is 2.42. The van der Waals surface area contributed by atoms with Crippen LogP contribution in [0, 0.1) is 0 Å². The quantitative estimate of drug-likeness (QED) is 0.133. The maximum atomic E-state index is 12.0. The number of fused-ring (bicyclic) bond motifs is 1. The lowest BCUT2D eigenvalue weighted by Gasteiger charge is -2.24. The van der Waals surface area contributed by atoms with Crippen molar-refractivity contribution >= 4 is 51.2 Å². The molecule has 0 saturated carbocycles. The van der Waals surface area contributed by atoms with E-state index in [-0.39, 0.29) is 35.5 Å². The van der Waals surface area contributed by atoms with E-state index in [1.54, 1.807) is 21.6 Å². The standard InChI is InChI=1S/C22H40N4O4S3/c1-4-30-22(2,3)10-11-23-19(28)9-13-32-33-14-12-24-18(27)8-6-5-7-17-20-16(15-31-17)25-21(29)26-20/h16-17,20H,4-15H2,1-3H3,(H,23,28)(H,24,27)(H2,25,26,29)/t16-,17-,20-/m0/s1. The van der Waals surface area contributed by atoms with Crippen molar-refractivity contribution in [2.75, 3.05) is 37.0 Å². The number of nitrogens with one attached hydrogen (secondary N) is 4. The van der Waals surface area contributed by atoms with E-state index in [1.807, 2.05) is 32.5 Å². The first-order valence-corrected chi connectivity index (χ1v) is 15.4. The Kier molecular flexibility index (Phi) is 13.2. The van der Waals surface area contributed by atoms with Crippen molar-refractivity contribution in [3.8, 4) is 0 Å². The average Bonchev–Trinajstić information content (AvgIpc) is 3.29. The Labute approximate surface area is 210 Å². The van der Waals surface area contributed by atoms with Crippen LogP contribution in [0.1, 0.15) is 59.3 Å². The summed E-state index contributed by atoms with van der Waals surface area (Å²) in [7, 11) is 3.35. The number of amides is 4. The predicted octanol–water partition coefficient (Wildman–Crippen LogP) is 2.92. The first-order valence-electron chi connectivity index (χ1n) is 11.9. The van der Waals surface area contributed by atoms with Crippen LogP contribution in [-0.2, 0) is 14.3 Å². The number of hydrogen-bond acceptors (Lipinski definition) is 7. The van der Waals surface area contributed by atoms with Crippen LogP contribution in [-0.4, -0.2) is 77.7 Å². The molecule has 2 saturated heterocycles. The molecule has 0 spiro atoms. The summed E-state index contributed by atoms with van der Waals surface area (Å²) in [5, 5.41) is 12.3. The lowest BCUT2D eigenvalue weighted by molar-refractivity contribution is -0.121. The molecule has 190 valence electrons. The molecule has 0 unspecified atom stereocenters. The molecule has 2 aliphatic heterocycles. The molecule has 0 aliphatic carbocycles. The Morgan fingerprint density at radius 2 is 1.82 bits per heavy atom. The van der Waals surface area contributed by atoms with Crippen molar-refractivity contribution in [3.05, 3.63) is 0 Å². The lowest BCUT2D eigenvalue weighted by atomic mass is 10.0. The molecule has 0 aromatic heterocycles. The van der Waals surface area contributed by atoms with Gasteiger partial charge in [-0.2, -0.15) is 11.8 Å². The monoisotopic (exact) mass is 520 g/mol. The van der Waals surface area contributed by atoms with Gasteiger partial charge in [0.1, 0.15) is 0 Å². The van der Waals surface area contributed by atoms with E-state index in [0.717, 1.165) is 42.9 Å². The fourth-order valence-corrected chi connectivity index (χ4v) is 7.34. The minimum Gasteiger partial charge on any atom is -0.376 e. The van der Waals surface area contributed by atoms with Crippen LogP contribution in [0.25, 0.3) is 0 Å². The van der Waals surface area contributed by atoms with E-state index in [2.05, 4.69) is 21.3 Å². The van der Waals surface area contributed by atoms with Crippen molar-refractivity contribution < 1.29 is 19.1 Å². The van der Waals surface area contributed by atoms with E-state index in [9.17, 15) is 14.4 Å². The van der Waals surface area contributed by atoms with Gasteiger partial charge in [0.25, 0.3) is 0 Å². The van der Waals surface area contributed by atoms with Gasteiger partial charge in [-0.05, 0) is 40.0 Å². The Hall–Kier alpha value is -0.780. The van der Waals surface area contributed by atoms with E-state index < -0.39 is 0 Å². The number of ether oxygens (including phenoxy) is 1. The summed E-state index contributed by atoms with van der Waals surface area (Å²) >= 11 is 1.91. The summed E-state index contributed by atoms with van der Waals surface area (Å²) in [5.74, 6) is 2.73. The molecule has 11 heteroatoms. The van der Waals surface area contributed by atoms with E-state index in [0.29, 0.717) is 37.8 Å². The zero-order valence-electron chi connectivity index (χ0n) is 20.1. The maximum Gasteiger partial charge on any atom is 0.315 e. The highest BCUT2D eigenvalue weighted by Crippen LogP contribution is 2.33. The van der Waals surface area contributed by atoms with Gasteiger partial charge in [-0.3, -0.25) is 9.59 Å². The zero-order valence-corrected chi connectivity index (χ0v) is 22.5.